The maximum absolute atomic E-state index is 10.1. The Balaban J connectivity index is 2.94. The van der Waals surface area contributed by atoms with Gasteiger partial charge >= 0.3 is 0 Å². The van der Waals surface area contributed by atoms with Crippen molar-refractivity contribution >= 4 is 15.9 Å². The van der Waals surface area contributed by atoms with Crippen molar-refractivity contribution in [2.45, 2.75) is 26.9 Å². The molecule has 1 rings (SSSR count). The maximum atomic E-state index is 10.1. The number of aromatic nitrogens is 3. The first kappa shape index (κ1) is 11.7. The summed E-state index contributed by atoms with van der Waals surface area (Å²) in [7, 11) is 1.78. The van der Waals surface area contributed by atoms with Crippen LogP contribution >= 0.6 is 15.9 Å². The van der Waals surface area contributed by atoms with Gasteiger partial charge < -0.3 is 5.11 Å². The molecule has 0 saturated carbocycles. The molecule has 5 heteroatoms. The van der Waals surface area contributed by atoms with E-state index in [2.05, 4.69) is 40.1 Å². The summed E-state index contributed by atoms with van der Waals surface area (Å²) in [6.07, 6.45) is -0.524. The molecule has 0 radical (unpaired) electrons. The van der Waals surface area contributed by atoms with Crippen molar-refractivity contribution in [1.82, 2.24) is 15.0 Å². The zero-order valence-electron chi connectivity index (χ0n) is 8.90. The molecule has 1 aromatic heterocycles. The number of hydrogen-bond acceptors (Lipinski definition) is 3. The lowest BCUT2D eigenvalue weighted by Gasteiger charge is -2.22. The molecule has 0 spiro atoms. The average Bonchev–Trinajstić information content (AvgIpc) is 2.44. The Morgan fingerprint density at radius 3 is 2.29 bits per heavy atom. The first-order chi connectivity index (χ1) is 6.45. The number of aliphatic hydroxyl groups excluding tert-OH is 1. The van der Waals surface area contributed by atoms with Gasteiger partial charge in [-0.1, -0.05) is 26.0 Å². The van der Waals surface area contributed by atoms with Crippen LogP contribution in [0.5, 0.6) is 0 Å². The van der Waals surface area contributed by atoms with Gasteiger partial charge in [0.1, 0.15) is 11.8 Å². The minimum Gasteiger partial charge on any atom is -0.386 e. The molecule has 0 amide bonds. The zero-order chi connectivity index (χ0) is 10.9. The Labute approximate surface area is 92.4 Å². The van der Waals surface area contributed by atoms with Gasteiger partial charge in [-0.2, -0.15) is 0 Å². The number of hydrogen-bond donors (Lipinski definition) is 1. The summed E-state index contributed by atoms with van der Waals surface area (Å²) in [4.78, 5) is 0. The van der Waals surface area contributed by atoms with E-state index in [1.807, 2.05) is 6.92 Å². The molecule has 1 N–H and O–H groups in total. The summed E-state index contributed by atoms with van der Waals surface area (Å²) in [6, 6.07) is 0. The van der Waals surface area contributed by atoms with Gasteiger partial charge in [0.05, 0.1) is 0 Å². The lowest BCUT2D eigenvalue weighted by atomic mass is 9.91. The molecule has 14 heavy (non-hydrogen) atoms. The second-order valence-electron chi connectivity index (χ2n) is 3.94. The van der Waals surface area contributed by atoms with E-state index < -0.39 is 6.10 Å². The van der Waals surface area contributed by atoms with E-state index in [4.69, 9.17) is 0 Å². The van der Waals surface area contributed by atoms with E-state index in [0.29, 0.717) is 10.5 Å². The molecule has 0 fully saturated rings. The fourth-order valence-corrected chi connectivity index (χ4v) is 1.83. The molecular formula is C9H16BrN3O. The van der Waals surface area contributed by atoms with Crippen molar-refractivity contribution in [2.75, 3.05) is 0 Å². The van der Waals surface area contributed by atoms with Crippen LogP contribution in [0.25, 0.3) is 0 Å². The van der Waals surface area contributed by atoms with E-state index in [9.17, 15) is 5.11 Å². The highest BCUT2D eigenvalue weighted by atomic mass is 79.9. The first-order valence-electron chi connectivity index (χ1n) is 4.68. The molecular weight excluding hydrogens is 246 g/mol. The van der Waals surface area contributed by atoms with E-state index >= 15 is 0 Å². The molecule has 0 aliphatic rings. The molecule has 2 atom stereocenters. The third kappa shape index (κ3) is 2.15. The maximum Gasteiger partial charge on any atom is 0.154 e. The highest BCUT2D eigenvalue weighted by Gasteiger charge is 2.25. The Kier molecular flexibility index (Phi) is 3.66. The topological polar surface area (TPSA) is 50.9 Å². The molecule has 0 aromatic carbocycles. The quantitative estimate of drug-likeness (QED) is 0.905. The van der Waals surface area contributed by atoms with Crippen molar-refractivity contribution in [3.05, 3.63) is 10.3 Å². The third-order valence-electron chi connectivity index (χ3n) is 2.66. The van der Waals surface area contributed by atoms with Crippen molar-refractivity contribution in [2.24, 2.45) is 18.9 Å². The van der Waals surface area contributed by atoms with Crippen molar-refractivity contribution in [3.8, 4) is 0 Å². The van der Waals surface area contributed by atoms with Gasteiger partial charge in [-0.15, -0.1) is 5.10 Å². The summed E-state index contributed by atoms with van der Waals surface area (Å²) in [5.41, 5.74) is 0.742. The smallest absolute Gasteiger partial charge is 0.154 e. The van der Waals surface area contributed by atoms with Gasteiger partial charge in [-0.05, 0) is 27.8 Å². The van der Waals surface area contributed by atoms with Crippen LogP contribution in [0.4, 0.5) is 0 Å². The number of aryl methyl sites for hydroxylation is 1. The van der Waals surface area contributed by atoms with Crippen LogP contribution in [0.15, 0.2) is 4.60 Å². The van der Waals surface area contributed by atoms with Crippen LogP contribution in [0.2, 0.25) is 0 Å². The third-order valence-corrected chi connectivity index (χ3v) is 3.22. The van der Waals surface area contributed by atoms with Gasteiger partial charge in [0.25, 0.3) is 0 Å². The summed E-state index contributed by atoms with van der Waals surface area (Å²) in [5, 5.41) is 17.8. The molecule has 2 unspecified atom stereocenters. The van der Waals surface area contributed by atoms with E-state index in [1.54, 1.807) is 11.7 Å². The predicted molar refractivity (Wildman–Crippen MR) is 57.7 cm³/mol. The van der Waals surface area contributed by atoms with Crippen LogP contribution in [0.1, 0.15) is 32.6 Å². The number of nitrogens with zero attached hydrogens (tertiary/aromatic N) is 3. The van der Waals surface area contributed by atoms with Gasteiger partial charge in [-0.3, -0.25) is 0 Å². The Morgan fingerprint density at radius 1 is 1.36 bits per heavy atom. The fourth-order valence-electron chi connectivity index (χ4n) is 1.27. The summed E-state index contributed by atoms with van der Waals surface area (Å²) in [6.45, 7) is 6.20. The lowest BCUT2D eigenvalue weighted by molar-refractivity contribution is 0.0840. The predicted octanol–water partition coefficient (Wildman–Crippen LogP) is 1.90. The Hall–Kier alpha value is -0.420. The second kappa shape index (κ2) is 4.40. The van der Waals surface area contributed by atoms with Gasteiger partial charge in [0.15, 0.2) is 4.60 Å². The number of aliphatic hydroxyl groups is 1. The SMILES string of the molecule is CC(C)C(C)C(O)c1c(Br)nnn1C. The highest BCUT2D eigenvalue weighted by Crippen LogP contribution is 2.30. The molecule has 0 saturated heterocycles. The molecule has 1 aromatic rings. The summed E-state index contributed by atoms with van der Waals surface area (Å²) in [5.74, 6) is 0.607. The Bertz CT molecular complexity index is 292. The first-order valence-corrected chi connectivity index (χ1v) is 5.47. The minimum absolute atomic E-state index is 0.184. The van der Waals surface area contributed by atoms with Crippen LogP contribution in [0.3, 0.4) is 0 Å². The van der Waals surface area contributed by atoms with E-state index in [0.717, 1.165) is 5.69 Å². The standard InChI is InChI=1S/C9H16BrN3O/c1-5(2)6(3)8(14)7-9(10)11-12-13(7)4/h5-6,8,14H,1-4H3. The summed E-state index contributed by atoms with van der Waals surface area (Å²) < 4.78 is 2.23. The zero-order valence-corrected chi connectivity index (χ0v) is 10.5. The molecule has 0 bridgehead atoms. The fraction of sp³-hybridized carbons (Fsp3) is 0.778. The van der Waals surface area contributed by atoms with Crippen LogP contribution < -0.4 is 0 Å². The van der Waals surface area contributed by atoms with Crippen molar-refractivity contribution in [3.63, 3.8) is 0 Å². The minimum atomic E-state index is -0.524. The molecule has 4 nitrogen and oxygen atoms in total. The second-order valence-corrected chi connectivity index (χ2v) is 4.69. The monoisotopic (exact) mass is 261 g/mol. The highest BCUT2D eigenvalue weighted by molar-refractivity contribution is 9.10. The Morgan fingerprint density at radius 2 is 1.93 bits per heavy atom. The van der Waals surface area contributed by atoms with Gasteiger partial charge in [-0.25, -0.2) is 4.68 Å². The van der Waals surface area contributed by atoms with Crippen LogP contribution in [-0.4, -0.2) is 20.1 Å². The average molecular weight is 262 g/mol. The number of rotatable bonds is 3. The molecule has 80 valence electrons. The normalized spacial score (nSPS) is 15.9. The van der Waals surface area contributed by atoms with E-state index in [1.165, 1.54) is 0 Å². The molecule has 0 aliphatic carbocycles. The number of halogens is 1. The van der Waals surface area contributed by atoms with Crippen molar-refractivity contribution in [1.29, 1.82) is 0 Å². The molecule has 0 aliphatic heterocycles. The van der Waals surface area contributed by atoms with Crippen molar-refractivity contribution < 1.29 is 5.11 Å². The van der Waals surface area contributed by atoms with E-state index in [-0.39, 0.29) is 5.92 Å². The van der Waals surface area contributed by atoms with Crippen LogP contribution in [-0.2, 0) is 7.05 Å². The summed E-state index contributed by atoms with van der Waals surface area (Å²) >= 11 is 3.28. The van der Waals surface area contributed by atoms with Crippen LogP contribution in [0, 0.1) is 11.8 Å². The van der Waals surface area contributed by atoms with Gasteiger partial charge in [0, 0.05) is 7.05 Å². The lowest BCUT2D eigenvalue weighted by Crippen LogP contribution is -2.18. The molecule has 1 heterocycles. The van der Waals surface area contributed by atoms with Gasteiger partial charge in [0.2, 0.25) is 0 Å². The largest absolute Gasteiger partial charge is 0.386 e.